The van der Waals surface area contributed by atoms with Crippen molar-refractivity contribution in [1.82, 2.24) is 9.84 Å². The molecule has 2 aromatic rings. The van der Waals surface area contributed by atoms with Gasteiger partial charge in [0.1, 0.15) is 17.3 Å². The fourth-order valence-corrected chi connectivity index (χ4v) is 3.72. The smallest absolute Gasteiger partial charge is 0.259 e. The van der Waals surface area contributed by atoms with Crippen LogP contribution >= 0.6 is 0 Å². The summed E-state index contributed by atoms with van der Waals surface area (Å²) in [6.45, 7) is 2.26. The van der Waals surface area contributed by atoms with Gasteiger partial charge in [0.2, 0.25) is 0 Å². The number of hydrazine groups is 1. The van der Waals surface area contributed by atoms with Crippen LogP contribution in [0.15, 0.2) is 58.4 Å². The normalized spacial score (nSPS) is 17.0. The number of methoxy groups -OCH3 is 1. The Hall–Kier alpha value is -2.38. The molecule has 0 saturated carbocycles. The average Bonchev–Trinajstić information content (AvgIpc) is 3.05. The fourth-order valence-electron chi connectivity index (χ4n) is 2.43. The van der Waals surface area contributed by atoms with E-state index in [9.17, 15) is 8.42 Å². The highest BCUT2D eigenvalue weighted by Gasteiger charge is 2.30. The lowest BCUT2D eigenvalue weighted by molar-refractivity contribution is 0.415. The van der Waals surface area contributed by atoms with E-state index in [-0.39, 0.29) is 4.90 Å². The number of hydrogen-bond acceptors (Lipinski definition) is 4. The molecule has 1 fully saturated rings. The topological polar surface area (TPSA) is 71.0 Å². The largest absolute Gasteiger partial charge is 0.494 e. The van der Waals surface area contributed by atoms with Crippen molar-refractivity contribution in [2.24, 2.45) is 4.99 Å². The first-order chi connectivity index (χ1) is 11.5. The molecule has 1 saturated heterocycles. The highest BCUT2D eigenvalue weighted by molar-refractivity contribution is 7.89. The molecular formula is C17H19N3O3S. The highest BCUT2D eigenvalue weighted by Crippen LogP contribution is 2.27. The molecule has 0 unspecified atom stereocenters. The molecule has 1 aliphatic heterocycles. The number of ether oxygens (including phenoxy) is 1. The maximum atomic E-state index is 12.7. The van der Waals surface area contributed by atoms with Crippen molar-refractivity contribution in [1.29, 1.82) is 0 Å². The van der Waals surface area contributed by atoms with Gasteiger partial charge in [0.25, 0.3) is 10.0 Å². The second-order valence-electron chi connectivity index (χ2n) is 5.48. The molecule has 1 aliphatic rings. The fraction of sp³-hybridized carbons (Fsp3) is 0.235. The Morgan fingerprint density at radius 1 is 1.12 bits per heavy atom. The third kappa shape index (κ3) is 3.27. The quantitative estimate of drug-likeness (QED) is 0.925. The molecule has 0 bridgehead atoms. The number of sulfonamides is 1. The minimum absolute atomic E-state index is 0.263. The molecule has 1 heterocycles. The zero-order valence-corrected chi connectivity index (χ0v) is 14.4. The van der Waals surface area contributed by atoms with Gasteiger partial charge in [0, 0.05) is 13.0 Å². The summed E-state index contributed by atoms with van der Waals surface area (Å²) in [5.74, 6) is 1.24. The molecule has 0 spiro atoms. The summed E-state index contributed by atoms with van der Waals surface area (Å²) in [4.78, 5) is 4.74. The number of aliphatic imine (C=N–C) groups is 1. The molecule has 3 rings (SSSR count). The summed E-state index contributed by atoms with van der Waals surface area (Å²) < 4.78 is 31.8. The predicted octanol–water partition coefficient (Wildman–Crippen LogP) is 2.63. The van der Waals surface area contributed by atoms with Gasteiger partial charge in [-0.15, -0.1) is 4.41 Å². The number of para-hydroxylation sites is 2. The molecule has 24 heavy (non-hydrogen) atoms. The first-order valence-corrected chi connectivity index (χ1v) is 9.01. The summed E-state index contributed by atoms with van der Waals surface area (Å²) >= 11 is 0. The van der Waals surface area contributed by atoms with Crippen LogP contribution in [0.4, 0.5) is 5.69 Å². The van der Waals surface area contributed by atoms with Gasteiger partial charge in [-0.25, -0.2) is 13.4 Å². The van der Waals surface area contributed by atoms with Crippen molar-refractivity contribution in [3.63, 3.8) is 0 Å². The maximum Gasteiger partial charge on any atom is 0.259 e. The van der Waals surface area contributed by atoms with E-state index in [1.54, 1.807) is 31.4 Å². The lowest BCUT2D eigenvalue weighted by atomic mass is 10.2. The van der Waals surface area contributed by atoms with Crippen molar-refractivity contribution in [3.8, 4) is 5.75 Å². The van der Waals surface area contributed by atoms with Gasteiger partial charge in [-0.05, 0) is 31.2 Å². The average molecular weight is 345 g/mol. The van der Waals surface area contributed by atoms with Crippen molar-refractivity contribution in [3.05, 3.63) is 54.1 Å². The third-order valence-corrected chi connectivity index (χ3v) is 5.48. The third-order valence-electron chi connectivity index (χ3n) is 3.76. The Balaban J connectivity index is 1.82. The first-order valence-electron chi connectivity index (χ1n) is 7.57. The van der Waals surface area contributed by atoms with Gasteiger partial charge in [-0.3, -0.25) is 5.43 Å². The SMILES string of the molecule is COc1ccccc1N=C1CCN(S(=O)(=O)c2ccc(C)cc2)N1. The van der Waals surface area contributed by atoms with Crippen LogP contribution in [0, 0.1) is 6.92 Å². The van der Waals surface area contributed by atoms with Crippen LogP contribution in [0.2, 0.25) is 0 Å². The molecule has 7 heteroatoms. The van der Waals surface area contributed by atoms with Gasteiger partial charge >= 0.3 is 0 Å². The highest BCUT2D eigenvalue weighted by atomic mass is 32.2. The van der Waals surface area contributed by atoms with Crippen LogP contribution in [-0.2, 0) is 10.0 Å². The number of nitrogens with zero attached hydrogens (tertiary/aromatic N) is 2. The summed E-state index contributed by atoms with van der Waals surface area (Å²) in [6, 6.07) is 14.2. The maximum absolute atomic E-state index is 12.7. The zero-order chi connectivity index (χ0) is 17.2. The van der Waals surface area contributed by atoms with Crippen molar-refractivity contribution >= 4 is 21.5 Å². The molecule has 126 valence electrons. The summed E-state index contributed by atoms with van der Waals surface area (Å²) in [5.41, 5.74) is 4.56. The van der Waals surface area contributed by atoms with E-state index in [0.717, 1.165) is 5.56 Å². The van der Waals surface area contributed by atoms with E-state index < -0.39 is 10.0 Å². The molecular weight excluding hydrogens is 326 g/mol. The van der Waals surface area contributed by atoms with E-state index in [4.69, 9.17) is 4.74 Å². The summed E-state index contributed by atoms with van der Waals surface area (Å²) in [7, 11) is -2.01. The summed E-state index contributed by atoms with van der Waals surface area (Å²) in [5, 5.41) is 0. The van der Waals surface area contributed by atoms with E-state index in [1.165, 1.54) is 4.41 Å². The van der Waals surface area contributed by atoms with Crippen LogP contribution in [0.25, 0.3) is 0 Å². The Labute approximate surface area is 141 Å². The molecule has 0 atom stereocenters. The molecule has 0 aromatic heterocycles. The van der Waals surface area contributed by atoms with E-state index in [0.29, 0.717) is 30.2 Å². The van der Waals surface area contributed by atoms with E-state index >= 15 is 0 Å². The molecule has 6 nitrogen and oxygen atoms in total. The van der Waals surface area contributed by atoms with Gasteiger partial charge in [0.15, 0.2) is 0 Å². The van der Waals surface area contributed by atoms with Gasteiger partial charge in [-0.1, -0.05) is 29.8 Å². The molecule has 0 radical (unpaired) electrons. The van der Waals surface area contributed by atoms with Crippen LogP contribution in [0.3, 0.4) is 0 Å². The lowest BCUT2D eigenvalue weighted by Crippen LogP contribution is -2.38. The van der Waals surface area contributed by atoms with Crippen LogP contribution in [0.5, 0.6) is 5.75 Å². The second-order valence-corrected chi connectivity index (χ2v) is 7.34. The Kier molecular flexibility index (Phi) is 4.55. The van der Waals surface area contributed by atoms with Crippen molar-refractivity contribution in [2.45, 2.75) is 18.2 Å². The number of benzene rings is 2. The minimum Gasteiger partial charge on any atom is -0.494 e. The number of hydrogen-bond donors (Lipinski definition) is 1. The van der Waals surface area contributed by atoms with Crippen molar-refractivity contribution in [2.75, 3.05) is 13.7 Å². The van der Waals surface area contributed by atoms with E-state index in [1.807, 2.05) is 31.2 Å². The van der Waals surface area contributed by atoms with Gasteiger partial charge in [-0.2, -0.15) is 0 Å². The molecule has 0 aliphatic carbocycles. The number of nitrogens with one attached hydrogen (secondary N) is 1. The second kappa shape index (κ2) is 6.62. The summed E-state index contributed by atoms with van der Waals surface area (Å²) in [6.07, 6.45) is 0.517. The van der Waals surface area contributed by atoms with Crippen molar-refractivity contribution < 1.29 is 13.2 Å². The van der Waals surface area contributed by atoms with E-state index in [2.05, 4.69) is 10.4 Å². The zero-order valence-electron chi connectivity index (χ0n) is 13.6. The standard InChI is InChI=1S/C17H19N3O3S/c1-13-7-9-14(10-8-13)24(21,22)20-12-11-17(19-20)18-15-5-3-4-6-16(15)23-2/h3-10H,11-12H2,1-2H3,(H,18,19). The van der Waals surface area contributed by atoms with Gasteiger partial charge in [0.05, 0.1) is 12.0 Å². The van der Waals surface area contributed by atoms with Crippen LogP contribution in [-0.4, -0.2) is 32.3 Å². The monoisotopic (exact) mass is 345 g/mol. The van der Waals surface area contributed by atoms with Crippen LogP contribution < -0.4 is 10.2 Å². The lowest BCUT2D eigenvalue weighted by Gasteiger charge is -2.16. The predicted molar refractivity (Wildman–Crippen MR) is 92.9 cm³/mol. The number of amidine groups is 1. The minimum atomic E-state index is -3.59. The Morgan fingerprint density at radius 3 is 2.54 bits per heavy atom. The molecule has 1 N–H and O–H groups in total. The Bertz CT molecular complexity index is 861. The Morgan fingerprint density at radius 2 is 1.83 bits per heavy atom. The van der Waals surface area contributed by atoms with Gasteiger partial charge < -0.3 is 4.74 Å². The molecule has 2 aromatic carbocycles. The number of aryl methyl sites for hydroxylation is 1. The molecule has 0 amide bonds. The van der Waals surface area contributed by atoms with Crippen LogP contribution in [0.1, 0.15) is 12.0 Å². The number of rotatable bonds is 4. The first kappa shape index (κ1) is 16.5.